The number of benzene rings is 2. The normalized spacial score (nSPS) is 13.7. The van der Waals surface area contributed by atoms with Gasteiger partial charge in [0.2, 0.25) is 0 Å². The molecule has 0 saturated heterocycles. The van der Waals surface area contributed by atoms with Crippen molar-refractivity contribution in [3.63, 3.8) is 0 Å². The summed E-state index contributed by atoms with van der Waals surface area (Å²) in [5.74, 6) is 1.53. The standard InChI is InChI=1S/C17H19NO2/c1-19-16-7-6-13(10-17(16)20-2)14-5-3-4-12-8-9-18-11-15(12)14/h3-7,10,18H,8-9,11H2,1-2H3. The van der Waals surface area contributed by atoms with E-state index in [4.69, 9.17) is 9.47 Å². The highest BCUT2D eigenvalue weighted by molar-refractivity contribution is 5.71. The van der Waals surface area contributed by atoms with Crippen molar-refractivity contribution in [2.75, 3.05) is 20.8 Å². The molecule has 3 heteroatoms. The highest BCUT2D eigenvalue weighted by atomic mass is 16.5. The molecule has 0 radical (unpaired) electrons. The van der Waals surface area contributed by atoms with E-state index in [-0.39, 0.29) is 0 Å². The fourth-order valence-corrected chi connectivity index (χ4v) is 2.79. The quantitative estimate of drug-likeness (QED) is 0.929. The number of rotatable bonds is 3. The zero-order valence-electron chi connectivity index (χ0n) is 11.9. The van der Waals surface area contributed by atoms with Crippen LogP contribution in [0.2, 0.25) is 0 Å². The fourth-order valence-electron chi connectivity index (χ4n) is 2.79. The van der Waals surface area contributed by atoms with E-state index in [1.165, 1.54) is 22.3 Å². The van der Waals surface area contributed by atoms with Crippen molar-refractivity contribution in [3.8, 4) is 22.6 Å². The number of ether oxygens (including phenoxy) is 2. The average molecular weight is 269 g/mol. The third-order valence-corrected chi connectivity index (χ3v) is 3.84. The summed E-state index contributed by atoms with van der Waals surface area (Å²) in [5, 5.41) is 3.45. The zero-order chi connectivity index (χ0) is 13.9. The van der Waals surface area contributed by atoms with Crippen LogP contribution in [0.15, 0.2) is 36.4 Å². The highest BCUT2D eigenvalue weighted by Crippen LogP contribution is 2.35. The largest absolute Gasteiger partial charge is 0.493 e. The molecule has 0 fully saturated rings. The minimum atomic E-state index is 0.763. The van der Waals surface area contributed by atoms with Crippen LogP contribution >= 0.6 is 0 Å². The van der Waals surface area contributed by atoms with Crippen LogP contribution in [0.5, 0.6) is 11.5 Å². The molecule has 2 aromatic rings. The topological polar surface area (TPSA) is 30.5 Å². The lowest BCUT2D eigenvalue weighted by atomic mass is 9.92. The average Bonchev–Trinajstić information content (AvgIpc) is 2.53. The van der Waals surface area contributed by atoms with Gasteiger partial charge in [0.15, 0.2) is 11.5 Å². The van der Waals surface area contributed by atoms with Crippen LogP contribution in [-0.4, -0.2) is 20.8 Å². The van der Waals surface area contributed by atoms with E-state index >= 15 is 0 Å². The van der Waals surface area contributed by atoms with E-state index in [0.29, 0.717) is 0 Å². The van der Waals surface area contributed by atoms with Crippen LogP contribution in [0.3, 0.4) is 0 Å². The van der Waals surface area contributed by atoms with Gasteiger partial charge in [-0.3, -0.25) is 0 Å². The Hall–Kier alpha value is -2.00. The second kappa shape index (κ2) is 5.55. The third-order valence-electron chi connectivity index (χ3n) is 3.84. The molecule has 0 aliphatic carbocycles. The Morgan fingerprint density at radius 1 is 1.00 bits per heavy atom. The van der Waals surface area contributed by atoms with Crippen LogP contribution in [0.4, 0.5) is 0 Å². The Morgan fingerprint density at radius 3 is 2.65 bits per heavy atom. The molecule has 1 aliphatic rings. The minimum absolute atomic E-state index is 0.763. The molecule has 1 heterocycles. The van der Waals surface area contributed by atoms with Crippen LogP contribution in [0, 0.1) is 0 Å². The van der Waals surface area contributed by atoms with Crippen molar-refractivity contribution in [1.82, 2.24) is 5.32 Å². The van der Waals surface area contributed by atoms with Gasteiger partial charge in [-0.05, 0) is 47.4 Å². The van der Waals surface area contributed by atoms with E-state index in [1.807, 2.05) is 12.1 Å². The zero-order valence-corrected chi connectivity index (χ0v) is 11.9. The van der Waals surface area contributed by atoms with Gasteiger partial charge in [0.25, 0.3) is 0 Å². The summed E-state index contributed by atoms with van der Waals surface area (Å²) in [6, 6.07) is 12.6. The van der Waals surface area contributed by atoms with Crippen LogP contribution in [0.1, 0.15) is 11.1 Å². The fraction of sp³-hybridized carbons (Fsp3) is 0.294. The lowest BCUT2D eigenvalue weighted by molar-refractivity contribution is 0.355. The molecule has 0 atom stereocenters. The highest BCUT2D eigenvalue weighted by Gasteiger charge is 2.14. The van der Waals surface area contributed by atoms with Crippen molar-refractivity contribution in [2.45, 2.75) is 13.0 Å². The molecular formula is C17H19NO2. The lowest BCUT2D eigenvalue weighted by Gasteiger charge is -2.21. The molecule has 2 aromatic carbocycles. The molecule has 3 nitrogen and oxygen atoms in total. The molecule has 0 spiro atoms. The Bertz CT molecular complexity index is 622. The van der Waals surface area contributed by atoms with Gasteiger partial charge in [-0.2, -0.15) is 0 Å². The number of fused-ring (bicyclic) bond motifs is 1. The summed E-state index contributed by atoms with van der Waals surface area (Å²) in [4.78, 5) is 0. The molecule has 104 valence electrons. The van der Waals surface area contributed by atoms with Crippen molar-refractivity contribution >= 4 is 0 Å². The molecule has 0 saturated carbocycles. The first-order valence-electron chi connectivity index (χ1n) is 6.87. The van der Waals surface area contributed by atoms with Crippen molar-refractivity contribution in [3.05, 3.63) is 47.5 Å². The molecule has 0 amide bonds. The number of methoxy groups -OCH3 is 2. The predicted molar refractivity (Wildman–Crippen MR) is 80.4 cm³/mol. The summed E-state index contributed by atoms with van der Waals surface area (Å²) >= 11 is 0. The van der Waals surface area contributed by atoms with E-state index in [2.05, 4.69) is 29.6 Å². The molecule has 0 bridgehead atoms. The van der Waals surface area contributed by atoms with Crippen LogP contribution in [0.25, 0.3) is 11.1 Å². The van der Waals surface area contributed by atoms with E-state index in [1.54, 1.807) is 14.2 Å². The molecule has 0 unspecified atom stereocenters. The minimum Gasteiger partial charge on any atom is -0.493 e. The van der Waals surface area contributed by atoms with Gasteiger partial charge in [0.05, 0.1) is 14.2 Å². The molecular weight excluding hydrogens is 250 g/mol. The van der Waals surface area contributed by atoms with Crippen molar-refractivity contribution < 1.29 is 9.47 Å². The van der Waals surface area contributed by atoms with Gasteiger partial charge in [0.1, 0.15) is 0 Å². The summed E-state index contributed by atoms with van der Waals surface area (Å²) in [7, 11) is 3.33. The number of hydrogen-bond acceptors (Lipinski definition) is 3. The summed E-state index contributed by atoms with van der Waals surface area (Å²) in [6.07, 6.45) is 1.09. The third kappa shape index (κ3) is 2.25. The van der Waals surface area contributed by atoms with Crippen LogP contribution < -0.4 is 14.8 Å². The van der Waals surface area contributed by atoms with Gasteiger partial charge >= 0.3 is 0 Å². The van der Waals surface area contributed by atoms with Crippen molar-refractivity contribution in [1.29, 1.82) is 0 Å². The Kier molecular flexibility index (Phi) is 3.61. The second-order valence-corrected chi connectivity index (χ2v) is 4.94. The summed E-state index contributed by atoms with van der Waals surface area (Å²) in [6.45, 7) is 1.99. The lowest BCUT2D eigenvalue weighted by Crippen LogP contribution is -2.24. The molecule has 20 heavy (non-hydrogen) atoms. The maximum absolute atomic E-state index is 5.40. The SMILES string of the molecule is COc1ccc(-c2cccc3c2CNCC3)cc1OC. The number of hydrogen-bond donors (Lipinski definition) is 1. The van der Waals surface area contributed by atoms with Gasteiger partial charge in [0, 0.05) is 6.54 Å². The van der Waals surface area contributed by atoms with E-state index in [0.717, 1.165) is 31.0 Å². The van der Waals surface area contributed by atoms with Gasteiger partial charge in [-0.25, -0.2) is 0 Å². The van der Waals surface area contributed by atoms with E-state index in [9.17, 15) is 0 Å². The molecule has 1 aliphatic heterocycles. The first kappa shape index (κ1) is 13.0. The molecule has 1 N–H and O–H groups in total. The maximum atomic E-state index is 5.40. The summed E-state index contributed by atoms with van der Waals surface area (Å²) in [5.41, 5.74) is 5.28. The Labute approximate surface area is 119 Å². The molecule has 3 rings (SSSR count). The van der Waals surface area contributed by atoms with E-state index < -0.39 is 0 Å². The van der Waals surface area contributed by atoms with Gasteiger partial charge in [-0.1, -0.05) is 24.3 Å². The predicted octanol–water partition coefficient (Wildman–Crippen LogP) is 3.02. The first-order chi connectivity index (χ1) is 9.83. The first-order valence-corrected chi connectivity index (χ1v) is 6.87. The monoisotopic (exact) mass is 269 g/mol. The Balaban J connectivity index is 2.09. The molecule has 0 aromatic heterocycles. The van der Waals surface area contributed by atoms with Gasteiger partial charge < -0.3 is 14.8 Å². The van der Waals surface area contributed by atoms with Gasteiger partial charge in [-0.15, -0.1) is 0 Å². The Morgan fingerprint density at radius 2 is 1.85 bits per heavy atom. The van der Waals surface area contributed by atoms with Crippen LogP contribution in [-0.2, 0) is 13.0 Å². The summed E-state index contributed by atoms with van der Waals surface area (Å²) < 4.78 is 10.7. The second-order valence-electron chi connectivity index (χ2n) is 4.94. The number of nitrogens with one attached hydrogen (secondary N) is 1. The maximum Gasteiger partial charge on any atom is 0.161 e. The smallest absolute Gasteiger partial charge is 0.161 e. The van der Waals surface area contributed by atoms with Crippen molar-refractivity contribution in [2.24, 2.45) is 0 Å².